The first-order chi connectivity index (χ1) is 10.3. The summed E-state index contributed by atoms with van der Waals surface area (Å²) >= 11 is 5.75. The maximum absolute atomic E-state index is 5.75. The number of nitrogens with zero attached hydrogens (tertiary/aromatic N) is 2. The van der Waals surface area contributed by atoms with E-state index in [9.17, 15) is 0 Å². The molecule has 1 aliphatic carbocycles. The SMILES string of the molecule is S=C1c2ccccc2NC(=NC2CCCC2)C2CCCN12. The zero-order valence-electron chi connectivity index (χ0n) is 12.2. The summed E-state index contributed by atoms with van der Waals surface area (Å²) in [6, 6.07) is 9.24. The number of rotatable bonds is 1. The van der Waals surface area contributed by atoms with Gasteiger partial charge in [-0.3, -0.25) is 4.99 Å². The Labute approximate surface area is 131 Å². The molecule has 0 spiro atoms. The highest BCUT2D eigenvalue weighted by Gasteiger charge is 2.35. The van der Waals surface area contributed by atoms with Crippen molar-refractivity contribution < 1.29 is 0 Å². The first kappa shape index (κ1) is 13.3. The number of aliphatic imine (C=N–C) groups is 1. The second-order valence-corrected chi connectivity index (χ2v) is 6.67. The maximum atomic E-state index is 5.75. The van der Waals surface area contributed by atoms with E-state index in [1.165, 1.54) is 32.1 Å². The molecule has 1 saturated heterocycles. The summed E-state index contributed by atoms with van der Waals surface area (Å²) in [4.78, 5) is 8.44. The van der Waals surface area contributed by atoms with Gasteiger partial charge in [-0.1, -0.05) is 37.2 Å². The van der Waals surface area contributed by atoms with Crippen LogP contribution in [-0.2, 0) is 0 Å². The van der Waals surface area contributed by atoms with E-state index >= 15 is 0 Å². The van der Waals surface area contributed by atoms with Crippen molar-refractivity contribution >= 4 is 28.7 Å². The Morgan fingerprint density at radius 1 is 1.10 bits per heavy atom. The van der Waals surface area contributed by atoms with Crippen LogP contribution in [0.25, 0.3) is 0 Å². The van der Waals surface area contributed by atoms with Crippen LogP contribution in [0.2, 0.25) is 0 Å². The summed E-state index contributed by atoms with van der Waals surface area (Å²) in [5, 5.41) is 3.61. The Bertz CT molecular complexity index is 589. The average Bonchev–Trinajstić information content (AvgIpc) is 3.15. The molecule has 4 heteroatoms. The molecule has 2 fully saturated rings. The molecule has 1 saturated carbocycles. The van der Waals surface area contributed by atoms with E-state index < -0.39 is 0 Å². The minimum absolute atomic E-state index is 0.352. The Balaban J connectivity index is 1.75. The molecular formula is C17H21N3S. The monoisotopic (exact) mass is 299 g/mol. The predicted octanol–water partition coefficient (Wildman–Crippen LogP) is 3.59. The highest BCUT2D eigenvalue weighted by molar-refractivity contribution is 7.80. The van der Waals surface area contributed by atoms with Crippen LogP contribution in [-0.4, -0.2) is 34.4 Å². The normalized spacial score (nSPS) is 27.4. The van der Waals surface area contributed by atoms with Gasteiger partial charge in [0.2, 0.25) is 0 Å². The molecule has 1 unspecified atom stereocenters. The van der Waals surface area contributed by atoms with Gasteiger partial charge in [-0.25, -0.2) is 0 Å². The van der Waals surface area contributed by atoms with Gasteiger partial charge >= 0.3 is 0 Å². The van der Waals surface area contributed by atoms with Crippen molar-refractivity contribution in [3.8, 4) is 0 Å². The minimum atomic E-state index is 0.352. The van der Waals surface area contributed by atoms with Gasteiger partial charge in [-0.2, -0.15) is 0 Å². The van der Waals surface area contributed by atoms with Crippen LogP contribution in [0.5, 0.6) is 0 Å². The van der Waals surface area contributed by atoms with Gasteiger partial charge in [-0.05, 0) is 37.8 Å². The lowest BCUT2D eigenvalue weighted by atomic mass is 10.1. The second kappa shape index (κ2) is 5.41. The number of para-hydroxylation sites is 1. The van der Waals surface area contributed by atoms with Crippen molar-refractivity contribution in [2.45, 2.75) is 50.6 Å². The van der Waals surface area contributed by atoms with Crippen LogP contribution in [0.3, 0.4) is 0 Å². The van der Waals surface area contributed by atoms with E-state index in [1.54, 1.807) is 0 Å². The number of benzene rings is 1. The zero-order chi connectivity index (χ0) is 14.2. The van der Waals surface area contributed by atoms with Crippen LogP contribution in [0.4, 0.5) is 5.69 Å². The van der Waals surface area contributed by atoms with Gasteiger partial charge in [-0.15, -0.1) is 0 Å². The number of nitrogens with one attached hydrogen (secondary N) is 1. The van der Waals surface area contributed by atoms with Gasteiger partial charge in [0.1, 0.15) is 10.8 Å². The van der Waals surface area contributed by atoms with Crippen LogP contribution < -0.4 is 5.32 Å². The zero-order valence-corrected chi connectivity index (χ0v) is 13.0. The topological polar surface area (TPSA) is 27.6 Å². The fraction of sp³-hybridized carbons (Fsp3) is 0.529. The summed E-state index contributed by atoms with van der Waals surface area (Å²) in [5.74, 6) is 1.15. The molecule has 3 nitrogen and oxygen atoms in total. The molecule has 1 N–H and O–H groups in total. The molecule has 0 radical (unpaired) electrons. The lowest BCUT2D eigenvalue weighted by Gasteiger charge is -2.25. The van der Waals surface area contributed by atoms with E-state index in [2.05, 4.69) is 34.5 Å². The van der Waals surface area contributed by atoms with E-state index in [1.807, 2.05) is 0 Å². The molecule has 0 aromatic heterocycles. The Kier molecular flexibility index (Phi) is 3.42. The smallest absolute Gasteiger partial charge is 0.124 e. The number of thiocarbonyl (C=S) groups is 1. The van der Waals surface area contributed by atoms with Gasteiger partial charge in [0.15, 0.2) is 0 Å². The maximum Gasteiger partial charge on any atom is 0.124 e. The van der Waals surface area contributed by atoms with Crippen molar-refractivity contribution in [3.63, 3.8) is 0 Å². The minimum Gasteiger partial charge on any atom is -0.352 e. The van der Waals surface area contributed by atoms with Gasteiger partial charge in [0, 0.05) is 17.8 Å². The van der Waals surface area contributed by atoms with Crippen molar-refractivity contribution in [2.75, 3.05) is 11.9 Å². The number of anilines is 1. The van der Waals surface area contributed by atoms with Gasteiger partial charge < -0.3 is 10.2 Å². The van der Waals surface area contributed by atoms with E-state index in [0.29, 0.717) is 12.1 Å². The number of hydrogen-bond donors (Lipinski definition) is 1. The molecule has 4 rings (SSSR count). The van der Waals surface area contributed by atoms with E-state index in [0.717, 1.165) is 35.0 Å². The molecule has 1 aromatic carbocycles. The third kappa shape index (κ3) is 2.35. The molecular weight excluding hydrogens is 278 g/mol. The molecule has 21 heavy (non-hydrogen) atoms. The average molecular weight is 299 g/mol. The number of amidine groups is 1. The van der Waals surface area contributed by atoms with Gasteiger partial charge in [0.25, 0.3) is 0 Å². The van der Waals surface area contributed by atoms with E-state index in [-0.39, 0.29) is 0 Å². The van der Waals surface area contributed by atoms with Crippen LogP contribution in [0.15, 0.2) is 29.3 Å². The fourth-order valence-corrected chi connectivity index (χ4v) is 4.19. The number of hydrogen-bond acceptors (Lipinski definition) is 2. The van der Waals surface area contributed by atoms with Crippen LogP contribution in [0, 0.1) is 0 Å². The molecule has 2 aliphatic heterocycles. The highest BCUT2D eigenvalue weighted by Crippen LogP contribution is 2.31. The standard InChI is InChI=1S/C17H21N3S/c21-17-13-8-3-4-9-14(13)19-16(15-10-5-11-20(15)17)18-12-6-1-2-7-12/h3-4,8-9,12,15H,1-2,5-7,10-11H2,(H,18,19). The lowest BCUT2D eigenvalue weighted by molar-refractivity contribution is 0.474. The van der Waals surface area contributed by atoms with E-state index in [4.69, 9.17) is 17.2 Å². The summed E-state index contributed by atoms with van der Waals surface area (Å²) in [6.07, 6.45) is 7.49. The van der Waals surface area contributed by atoms with Gasteiger partial charge in [0.05, 0.1) is 12.1 Å². The summed E-state index contributed by atoms with van der Waals surface area (Å²) < 4.78 is 0. The first-order valence-electron chi connectivity index (χ1n) is 8.07. The molecule has 110 valence electrons. The quantitative estimate of drug-likeness (QED) is 0.803. The number of fused-ring (bicyclic) bond motifs is 2. The first-order valence-corrected chi connectivity index (χ1v) is 8.48. The molecule has 2 heterocycles. The van der Waals surface area contributed by atoms with Crippen molar-refractivity contribution in [2.24, 2.45) is 4.99 Å². The third-order valence-electron chi connectivity index (χ3n) is 4.90. The molecule has 0 bridgehead atoms. The van der Waals surface area contributed by atoms with Crippen molar-refractivity contribution in [1.82, 2.24) is 4.90 Å². The molecule has 1 atom stereocenters. The summed E-state index contributed by atoms with van der Waals surface area (Å²) in [7, 11) is 0. The Hall–Kier alpha value is -1.42. The molecule has 3 aliphatic rings. The molecule has 1 aromatic rings. The predicted molar refractivity (Wildman–Crippen MR) is 91.2 cm³/mol. The fourth-order valence-electron chi connectivity index (χ4n) is 3.80. The Morgan fingerprint density at radius 3 is 2.76 bits per heavy atom. The van der Waals surface area contributed by atoms with Crippen LogP contribution >= 0.6 is 12.2 Å². The summed E-state index contributed by atoms with van der Waals surface area (Å²) in [6.45, 7) is 1.06. The largest absolute Gasteiger partial charge is 0.352 e. The molecule has 0 amide bonds. The van der Waals surface area contributed by atoms with Crippen LogP contribution in [0.1, 0.15) is 44.1 Å². The highest BCUT2D eigenvalue weighted by atomic mass is 32.1. The third-order valence-corrected chi connectivity index (χ3v) is 5.35. The lowest BCUT2D eigenvalue weighted by Crippen LogP contribution is -2.40. The van der Waals surface area contributed by atoms with Crippen molar-refractivity contribution in [1.29, 1.82) is 0 Å². The van der Waals surface area contributed by atoms with Crippen molar-refractivity contribution in [3.05, 3.63) is 29.8 Å². The summed E-state index contributed by atoms with van der Waals surface area (Å²) in [5.41, 5.74) is 2.27. The Morgan fingerprint density at radius 2 is 1.90 bits per heavy atom. The second-order valence-electron chi connectivity index (χ2n) is 6.28.